The third-order valence-electron chi connectivity index (χ3n) is 3.27. The maximum atomic E-state index is 13.3. The molecule has 0 saturated carbocycles. The summed E-state index contributed by atoms with van der Waals surface area (Å²) < 4.78 is 13.3. The molecule has 132 valence electrons. The molecule has 1 heterocycles. The highest BCUT2D eigenvalue weighted by molar-refractivity contribution is 7.99. The molecule has 10 heteroatoms. The highest BCUT2D eigenvalue weighted by atomic mass is 32.2. The molecule has 0 saturated heterocycles. The summed E-state index contributed by atoms with van der Waals surface area (Å²) in [6.45, 7) is 0. The number of H-pyrrole nitrogens is 1. The molecule has 0 aliphatic heterocycles. The summed E-state index contributed by atoms with van der Waals surface area (Å²) in [6.07, 6.45) is 0. The Morgan fingerprint density at radius 1 is 1.27 bits per heavy atom. The largest absolute Gasteiger partial charge is 0.325 e. The lowest BCUT2D eigenvalue weighted by molar-refractivity contribution is -0.387. The smallest absolute Gasteiger partial charge is 0.306 e. The summed E-state index contributed by atoms with van der Waals surface area (Å²) >= 11 is 1.10. The van der Waals surface area contributed by atoms with Gasteiger partial charge in [-0.1, -0.05) is 42.1 Å². The van der Waals surface area contributed by atoms with Gasteiger partial charge in [0.15, 0.2) is 5.82 Å². The van der Waals surface area contributed by atoms with Crippen LogP contribution in [-0.4, -0.2) is 31.8 Å². The number of carbonyl (C=O) groups excluding carboxylic acids is 1. The second-order valence-corrected chi connectivity index (χ2v) is 6.04. The van der Waals surface area contributed by atoms with E-state index in [1.165, 1.54) is 6.07 Å². The van der Waals surface area contributed by atoms with E-state index in [0.717, 1.165) is 29.5 Å². The van der Waals surface area contributed by atoms with Crippen molar-refractivity contribution >= 4 is 29.0 Å². The molecule has 0 spiro atoms. The number of aromatic amines is 1. The van der Waals surface area contributed by atoms with Gasteiger partial charge in [-0.3, -0.25) is 20.0 Å². The summed E-state index contributed by atoms with van der Waals surface area (Å²) in [6, 6.07) is 12.6. The summed E-state index contributed by atoms with van der Waals surface area (Å²) in [7, 11) is 0. The Labute approximate surface area is 151 Å². The quantitative estimate of drug-likeness (QED) is 0.389. The molecule has 0 fully saturated rings. The van der Waals surface area contributed by atoms with Crippen LogP contribution in [0.2, 0.25) is 0 Å². The number of nitrogens with zero attached hydrogens (tertiary/aromatic N) is 3. The van der Waals surface area contributed by atoms with Gasteiger partial charge in [0.05, 0.1) is 10.7 Å². The number of hydrogen-bond acceptors (Lipinski definition) is 6. The zero-order chi connectivity index (χ0) is 18.5. The van der Waals surface area contributed by atoms with Crippen LogP contribution in [0.1, 0.15) is 0 Å². The van der Waals surface area contributed by atoms with Crippen molar-refractivity contribution in [3.63, 3.8) is 0 Å². The third-order valence-corrected chi connectivity index (χ3v) is 4.12. The van der Waals surface area contributed by atoms with E-state index in [9.17, 15) is 19.3 Å². The Morgan fingerprint density at radius 2 is 2.04 bits per heavy atom. The van der Waals surface area contributed by atoms with Crippen LogP contribution in [0.5, 0.6) is 0 Å². The van der Waals surface area contributed by atoms with Crippen molar-refractivity contribution in [2.24, 2.45) is 0 Å². The first kappa shape index (κ1) is 17.5. The van der Waals surface area contributed by atoms with Crippen LogP contribution >= 0.6 is 11.8 Å². The minimum Gasteiger partial charge on any atom is -0.325 e. The summed E-state index contributed by atoms with van der Waals surface area (Å²) in [4.78, 5) is 26.1. The van der Waals surface area contributed by atoms with Crippen molar-refractivity contribution in [3.8, 4) is 11.4 Å². The van der Waals surface area contributed by atoms with Gasteiger partial charge in [0.1, 0.15) is 0 Å². The number of anilines is 1. The number of amides is 1. The normalized spacial score (nSPS) is 10.5. The molecule has 0 unspecified atom stereocenters. The molecule has 26 heavy (non-hydrogen) atoms. The minimum absolute atomic E-state index is 0.00272. The second kappa shape index (κ2) is 7.74. The Morgan fingerprint density at radius 3 is 2.77 bits per heavy atom. The molecule has 3 rings (SSSR count). The van der Waals surface area contributed by atoms with E-state index in [0.29, 0.717) is 11.0 Å². The van der Waals surface area contributed by atoms with Crippen LogP contribution < -0.4 is 5.32 Å². The topological polar surface area (TPSA) is 114 Å². The Bertz CT molecular complexity index is 948. The molecule has 2 aromatic carbocycles. The van der Waals surface area contributed by atoms with Gasteiger partial charge in [0, 0.05) is 17.3 Å². The highest BCUT2D eigenvalue weighted by Gasteiger charge is 2.16. The maximum Gasteiger partial charge on any atom is 0.306 e. The molecule has 8 nitrogen and oxygen atoms in total. The molecule has 0 radical (unpaired) electrons. The molecular weight excluding hydrogens is 361 g/mol. The Hall–Kier alpha value is -3.27. The van der Waals surface area contributed by atoms with E-state index in [2.05, 4.69) is 20.5 Å². The third kappa shape index (κ3) is 4.22. The molecule has 1 amide bonds. The van der Waals surface area contributed by atoms with Crippen LogP contribution in [0, 0.1) is 15.9 Å². The van der Waals surface area contributed by atoms with Crippen LogP contribution in [0.3, 0.4) is 0 Å². The van der Waals surface area contributed by atoms with Crippen molar-refractivity contribution in [2.75, 3.05) is 11.1 Å². The first-order valence-electron chi connectivity index (χ1n) is 7.37. The fraction of sp³-hybridized carbons (Fsp3) is 0.0625. The predicted octanol–water partition coefficient (Wildman–Crippen LogP) is 3.25. The minimum atomic E-state index is -0.962. The zero-order valence-electron chi connectivity index (χ0n) is 13.2. The first-order valence-corrected chi connectivity index (χ1v) is 8.36. The number of nitro benzene ring substituents is 1. The van der Waals surface area contributed by atoms with Gasteiger partial charge in [0.25, 0.3) is 0 Å². The average molecular weight is 373 g/mol. The second-order valence-electron chi connectivity index (χ2n) is 5.09. The van der Waals surface area contributed by atoms with Crippen molar-refractivity contribution < 1.29 is 14.1 Å². The monoisotopic (exact) mass is 373 g/mol. The van der Waals surface area contributed by atoms with E-state index in [1.807, 2.05) is 30.3 Å². The van der Waals surface area contributed by atoms with Crippen LogP contribution in [0.25, 0.3) is 11.4 Å². The maximum absolute atomic E-state index is 13.3. The number of hydrogen-bond donors (Lipinski definition) is 2. The van der Waals surface area contributed by atoms with Gasteiger partial charge in [0.2, 0.25) is 16.9 Å². The molecule has 1 aromatic heterocycles. The van der Waals surface area contributed by atoms with E-state index in [1.54, 1.807) is 0 Å². The first-order chi connectivity index (χ1) is 12.5. The van der Waals surface area contributed by atoms with E-state index >= 15 is 0 Å². The van der Waals surface area contributed by atoms with E-state index < -0.39 is 22.3 Å². The van der Waals surface area contributed by atoms with Gasteiger partial charge >= 0.3 is 5.69 Å². The Kier molecular flexibility index (Phi) is 5.23. The number of nitrogens with one attached hydrogen (secondary N) is 2. The number of aromatic nitrogens is 3. The number of nitro groups is 1. The van der Waals surface area contributed by atoms with Gasteiger partial charge < -0.3 is 5.32 Å². The molecule has 0 aliphatic rings. The molecule has 3 aromatic rings. The molecule has 0 bridgehead atoms. The number of thioether (sulfide) groups is 1. The lowest BCUT2D eigenvalue weighted by atomic mass is 10.2. The van der Waals surface area contributed by atoms with Gasteiger partial charge in [-0.05, 0) is 12.1 Å². The molecule has 0 aliphatic carbocycles. The SMILES string of the molecule is O=C(CSc1n[nH]c(-c2ccccc2)n1)Nc1ccc(F)c([N+](=O)[O-])c1. The van der Waals surface area contributed by atoms with Gasteiger partial charge in [-0.25, -0.2) is 4.98 Å². The van der Waals surface area contributed by atoms with Crippen molar-refractivity contribution in [1.29, 1.82) is 0 Å². The number of carbonyl (C=O) groups is 1. The highest BCUT2D eigenvalue weighted by Crippen LogP contribution is 2.22. The fourth-order valence-corrected chi connectivity index (χ4v) is 2.69. The Balaban J connectivity index is 1.59. The van der Waals surface area contributed by atoms with Crippen molar-refractivity contribution in [1.82, 2.24) is 15.2 Å². The van der Waals surface area contributed by atoms with Crippen LogP contribution in [0.15, 0.2) is 53.7 Å². The van der Waals surface area contributed by atoms with Crippen molar-refractivity contribution in [2.45, 2.75) is 5.16 Å². The van der Waals surface area contributed by atoms with E-state index in [-0.39, 0.29) is 11.4 Å². The summed E-state index contributed by atoms with van der Waals surface area (Å²) in [5.41, 5.74) is 0.315. The fourth-order valence-electron chi connectivity index (χ4n) is 2.09. The number of benzene rings is 2. The van der Waals surface area contributed by atoms with E-state index in [4.69, 9.17) is 0 Å². The average Bonchev–Trinajstić information content (AvgIpc) is 3.11. The summed E-state index contributed by atoms with van der Waals surface area (Å²) in [5.74, 6) is -0.793. The van der Waals surface area contributed by atoms with Gasteiger partial charge in [-0.15, -0.1) is 5.10 Å². The van der Waals surface area contributed by atoms with Crippen molar-refractivity contribution in [3.05, 3.63) is 64.5 Å². The number of rotatable bonds is 6. The lowest BCUT2D eigenvalue weighted by Crippen LogP contribution is -2.14. The summed E-state index contributed by atoms with van der Waals surface area (Å²) in [5, 5.41) is 20.4. The molecule has 0 atom stereocenters. The predicted molar refractivity (Wildman–Crippen MR) is 94.2 cm³/mol. The number of halogens is 1. The van der Waals surface area contributed by atoms with Crippen LogP contribution in [-0.2, 0) is 4.79 Å². The van der Waals surface area contributed by atoms with Crippen LogP contribution in [0.4, 0.5) is 15.8 Å². The van der Waals surface area contributed by atoms with Gasteiger partial charge in [-0.2, -0.15) is 4.39 Å². The lowest BCUT2D eigenvalue weighted by Gasteiger charge is -2.04. The molecule has 2 N–H and O–H groups in total. The standard InChI is InChI=1S/C16H12FN5O3S/c17-12-7-6-11(8-13(12)22(24)25)18-14(23)9-26-16-19-15(20-21-16)10-4-2-1-3-5-10/h1-8H,9H2,(H,18,23)(H,19,20,21). The zero-order valence-corrected chi connectivity index (χ0v) is 14.0. The molecular formula is C16H12FN5O3S.